The minimum absolute atomic E-state index is 0.269. The smallest absolute Gasteiger partial charge is 0.323 e. The fourth-order valence-electron chi connectivity index (χ4n) is 3.13. The van der Waals surface area contributed by atoms with Crippen molar-refractivity contribution < 1.29 is 19.1 Å². The van der Waals surface area contributed by atoms with E-state index in [1.165, 1.54) is 19.3 Å². The van der Waals surface area contributed by atoms with Crippen LogP contribution in [0.4, 0.5) is 0 Å². The standard InChI is InChI=1S/C22H38O4/c1-5-9-11-12-13-14-15-17-19-22(18-16-10-6-2,20(23)25-7-3)21(24)26-8-4/h5-6H,1-2,7-19H2,3-4H3. The maximum Gasteiger partial charge on any atom is 0.323 e. The van der Waals surface area contributed by atoms with E-state index in [1.54, 1.807) is 13.8 Å². The van der Waals surface area contributed by atoms with Gasteiger partial charge in [0.25, 0.3) is 0 Å². The molecule has 0 heterocycles. The molecule has 0 N–H and O–H groups in total. The van der Waals surface area contributed by atoms with E-state index in [-0.39, 0.29) is 13.2 Å². The molecule has 0 spiro atoms. The molecule has 0 rings (SSSR count). The number of ether oxygens (including phenoxy) is 2. The Morgan fingerprint density at radius 3 is 1.65 bits per heavy atom. The quantitative estimate of drug-likeness (QED) is 0.142. The van der Waals surface area contributed by atoms with Crippen LogP contribution in [0.3, 0.4) is 0 Å². The van der Waals surface area contributed by atoms with Crippen LogP contribution in [0.2, 0.25) is 0 Å². The molecular formula is C22H38O4. The van der Waals surface area contributed by atoms with Gasteiger partial charge in [-0.3, -0.25) is 9.59 Å². The number of allylic oxidation sites excluding steroid dienone is 2. The number of unbranched alkanes of at least 4 members (excludes halogenated alkanes) is 7. The summed E-state index contributed by atoms with van der Waals surface area (Å²) in [7, 11) is 0. The largest absolute Gasteiger partial charge is 0.465 e. The summed E-state index contributed by atoms with van der Waals surface area (Å²) in [5, 5.41) is 0. The van der Waals surface area contributed by atoms with Gasteiger partial charge in [-0.05, 0) is 52.4 Å². The number of hydrogen-bond donors (Lipinski definition) is 0. The van der Waals surface area contributed by atoms with Crippen molar-refractivity contribution in [2.45, 2.75) is 84.5 Å². The molecule has 0 atom stereocenters. The number of carbonyl (C=O) groups excluding carboxylic acids is 2. The zero-order valence-corrected chi connectivity index (χ0v) is 16.9. The monoisotopic (exact) mass is 366 g/mol. The molecule has 26 heavy (non-hydrogen) atoms. The van der Waals surface area contributed by atoms with Crippen molar-refractivity contribution in [3.05, 3.63) is 25.3 Å². The first-order valence-corrected chi connectivity index (χ1v) is 10.1. The summed E-state index contributed by atoms with van der Waals surface area (Å²) in [6.45, 7) is 11.5. The third-order valence-electron chi connectivity index (χ3n) is 4.61. The van der Waals surface area contributed by atoms with Crippen molar-refractivity contribution in [3.63, 3.8) is 0 Å². The SMILES string of the molecule is C=CCCCCCCCCC(CCCC=C)(C(=O)OCC)C(=O)OCC. The highest BCUT2D eigenvalue weighted by Crippen LogP contribution is 2.35. The lowest BCUT2D eigenvalue weighted by atomic mass is 9.77. The lowest BCUT2D eigenvalue weighted by molar-refractivity contribution is -0.173. The normalized spacial score (nSPS) is 11.0. The van der Waals surface area contributed by atoms with Gasteiger partial charge in [0.05, 0.1) is 13.2 Å². The van der Waals surface area contributed by atoms with E-state index in [9.17, 15) is 9.59 Å². The van der Waals surface area contributed by atoms with Gasteiger partial charge in [-0.1, -0.05) is 44.3 Å². The molecule has 0 bridgehead atoms. The summed E-state index contributed by atoms with van der Waals surface area (Å²) in [6.07, 6.45) is 13.8. The summed E-state index contributed by atoms with van der Waals surface area (Å²) < 4.78 is 10.5. The molecule has 4 nitrogen and oxygen atoms in total. The van der Waals surface area contributed by atoms with E-state index >= 15 is 0 Å². The Hall–Kier alpha value is -1.58. The molecule has 0 saturated heterocycles. The van der Waals surface area contributed by atoms with Crippen LogP contribution in [0.15, 0.2) is 25.3 Å². The second-order valence-corrected chi connectivity index (χ2v) is 6.65. The maximum absolute atomic E-state index is 12.7. The highest BCUT2D eigenvalue weighted by atomic mass is 16.6. The Bertz CT molecular complexity index is 396. The van der Waals surface area contributed by atoms with Gasteiger partial charge in [-0.15, -0.1) is 13.2 Å². The fourth-order valence-corrected chi connectivity index (χ4v) is 3.13. The van der Waals surface area contributed by atoms with Crippen molar-refractivity contribution in [2.75, 3.05) is 13.2 Å². The van der Waals surface area contributed by atoms with Crippen LogP contribution in [0.5, 0.6) is 0 Å². The third kappa shape index (κ3) is 9.21. The Morgan fingerprint density at radius 2 is 1.15 bits per heavy atom. The van der Waals surface area contributed by atoms with Crippen molar-refractivity contribution in [1.29, 1.82) is 0 Å². The fraction of sp³-hybridized carbons (Fsp3) is 0.727. The van der Waals surface area contributed by atoms with E-state index in [1.807, 2.05) is 12.2 Å². The topological polar surface area (TPSA) is 52.6 Å². The van der Waals surface area contributed by atoms with Crippen LogP contribution in [0.25, 0.3) is 0 Å². The zero-order chi connectivity index (χ0) is 19.7. The van der Waals surface area contributed by atoms with Gasteiger partial charge >= 0.3 is 11.9 Å². The molecule has 0 aliphatic rings. The molecular weight excluding hydrogens is 328 g/mol. The van der Waals surface area contributed by atoms with Gasteiger partial charge in [0, 0.05) is 0 Å². The van der Waals surface area contributed by atoms with Gasteiger partial charge in [0.1, 0.15) is 0 Å². The summed E-state index contributed by atoms with van der Waals surface area (Å²) in [5.41, 5.74) is -1.17. The molecule has 0 aromatic heterocycles. The Kier molecular flexibility index (Phi) is 14.7. The van der Waals surface area contributed by atoms with Crippen molar-refractivity contribution in [2.24, 2.45) is 5.41 Å². The molecule has 0 saturated carbocycles. The van der Waals surface area contributed by atoms with Crippen molar-refractivity contribution in [1.82, 2.24) is 0 Å². The Balaban J connectivity index is 4.80. The van der Waals surface area contributed by atoms with Gasteiger partial charge in [-0.25, -0.2) is 0 Å². The first-order valence-electron chi connectivity index (χ1n) is 10.1. The summed E-state index contributed by atoms with van der Waals surface area (Å²) in [5.74, 6) is -0.873. The van der Waals surface area contributed by atoms with E-state index in [0.29, 0.717) is 12.8 Å². The lowest BCUT2D eigenvalue weighted by Gasteiger charge is -2.29. The average Bonchev–Trinajstić information content (AvgIpc) is 2.62. The molecule has 0 unspecified atom stereocenters. The number of rotatable bonds is 17. The molecule has 0 amide bonds. The first-order chi connectivity index (χ1) is 12.6. The van der Waals surface area contributed by atoms with E-state index in [0.717, 1.165) is 38.5 Å². The lowest BCUT2D eigenvalue weighted by Crippen LogP contribution is -2.42. The van der Waals surface area contributed by atoms with Crippen molar-refractivity contribution in [3.8, 4) is 0 Å². The summed E-state index contributed by atoms with van der Waals surface area (Å²) >= 11 is 0. The summed E-state index contributed by atoms with van der Waals surface area (Å²) in [4.78, 5) is 25.3. The van der Waals surface area contributed by atoms with Gasteiger partial charge in [0.15, 0.2) is 5.41 Å². The third-order valence-corrected chi connectivity index (χ3v) is 4.61. The molecule has 150 valence electrons. The molecule has 4 heteroatoms. The number of carbonyl (C=O) groups is 2. The van der Waals surface area contributed by atoms with Crippen LogP contribution in [0, 0.1) is 5.41 Å². The number of hydrogen-bond acceptors (Lipinski definition) is 4. The predicted octanol–water partition coefficient (Wildman–Crippen LogP) is 5.76. The van der Waals surface area contributed by atoms with Gasteiger partial charge in [0.2, 0.25) is 0 Å². The minimum Gasteiger partial charge on any atom is -0.465 e. The molecule has 0 fully saturated rings. The van der Waals surface area contributed by atoms with Crippen LogP contribution >= 0.6 is 0 Å². The van der Waals surface area contributed by atoms with Crippen LogP contribution in [-0.4, -0.2) is 25.2 Å². The predicted molar refractivity (Wildman–Crippen MR) is 107 cm³/mol. The van der Waals surface area contributed by atoms with Crippen LogP contribution in [-0.2, 0) is 19.1 Å². The molecule has 0 aliphatic carbocycles. The second-order valence-electron chi connectivity index (χ2n) is 6.65. The van der Waals surface area contributed by atoms with Gasteiger partial charge in [-0.2, -0.15) is 0 Å². The molecule has 0 radical (unpaired) electrons. The maximum atomic E-state index is 12.7. The highest BCUT2D eigenvalue weighted by Gasteiger charge is 2.47. The Labute approximate surface area is 160 Å². The van der Waals surface area contributed by atoms with Crippen LogP contribution in [0.1, 0.15) is 84.5 Å². The molecule has 0 aromatic carbocycles. The van der Waals surface area contributed by atoms with Crippen LogP contribution < -0.4 is 0 Å². The highest BCUT2D eigenvalue weighted by molar-refractivity contribution is 6.00. The summed E-state index contributed by atoms with van der Waals surface area (Å²) in [6, 6.07) is 0. The second kappa shape index (κ2) is 15.7. The van der Waals surface area contributed by atoms with E-state index in [2.05, 4.69) is 13.2 Å². The average molecular weight is 367 g/mol. The van der Waals surface area contributed by atoms with Gasteiger partial charge < -0.3 is 9.47 Å². The van der Waals surface area contributed by atoms with E-state index < -0.39 is 17.4 Å². The molecule has 0 aromatic rings. The Morgan fingerprint density at radius 1 is 0.731 bits per heavy atom. The molecule has 0 aliphatic heterocycles. The van der Waals surface area contributed by atoms with Crippen molar-refractivity contribution >= 4 is 11.9 Å². The van der Waals surface area contributed by atoms with E-state index in [4.69, 9.17) is 9.47 Å². The zero-order valence-electron chi connectivity index (χ0n) is 16.9. The number of esters is 2. The first kappa shape index (κ1) is 24.4. The minimum atomic E-state index is -1.17.